The van der Waals surface area contributed by atoms with Crippen molar-refractivity contribution in [2.45, 2.75) is 44.2 Å². The maximum absolute atomic E-state index is 14.3. The summed E-state index contributed by atoms with van der Waals surface area (Å²) >= 11 is 3.19. The van der Waals surface area contributed by atoms with E-state index in [2.05, 4.69) is 15.9 Å². The van der Waals surface area contributed by atoms with Gasteiger partial charge in [-0.1, -0.05) is 22.9 Å². The maximum atomic E-state index is 14.3. The van der Waals surface area contributed by atoms with Crippen LogP contribution in [-0.2, 0) is 16.6 Å². The highest BCUT2D eigenvalue weighted by Gasteiger charge is 2.35. The molecule has 7 heteroatoms. The van der Waals surface area contributed by atoms with Crippen molar-refractivity contribution in [3.8, 4) is 0 Å². The third kappa shape index (κ3) is 3.21. The Hall–Kier alpha value is -0.500. The van der Waals surface area contributed by atoms with Gasteiger partial charge in [0, 0.05) is 29.2 Å². The van der Waals surface area contributed by atoms with E-state index in [1.165, 1.54) is 23.5 Å². The Bertz CT molecular complexity index is 603. The predicted octanol–water partition coefficient (Wildman–Crippen LogP) is 2.86. The minimum atomic E-state index is -3.92. The van der Waals surface area contributed by atoms with Gasteiger partial charge < -0.3 is 5.73 Å². The van der Waals surface area contributed by atoms with E-state index >= 15 is 0 Å². The zero-order valence-electron chi connectivity index (χ0n) is 12.1. The number of hydrogen-bond acceptors (Lipinski definition) is 3. The molecule has 0 amide bonds. The van der Waals surface area contributed by atoms with Crippen LogP contribution in [0.25, 0.3) is 0 Å². The molecule has 0 heterocycles. The standard InChI is InChI=1S/C13H20BrFN2O2S/c1-5-13(2,3)17(4)20(18,19)11-7-10(14)6-9(8-16)12(11)15/h6-7H,5,8,16H2,1-4H3. The molecule has 114 valence electrons. The first-order chi connectivity index (χ1) is 9.07. The lowest BCUT2D eigenvalue weighted by molar-refractivity contribution is 0.256. The number of halogens is 2. The van der Waals surface area contributed by atoms with Crippen LogP contribution in [0.3, 0.4) is 0 Å². The quantitative estimate of drug-likeness (QED) is 0.871. The molecule has 0 aliphatic rings. The highest BCUT2D eigenvalue weighted by atomic mass is 79.9. The van der Waals surface area contributed by atoms with Crippen LogP contribution in [-0.4, -0.2) is 25.3 Å². The zero-order chi connectivity index (χ0) is 15.7. The van der Waals surface area contributed by atoms with E-state index in [-0.39, 0.29) is 17.0 Å². The molecule has 0 saturated heterocycles. The zero-order valence-corrected chi connectivity index (χ0v) is 14.5. The Labute approximate surface area is 128 Å². The van der Waals surface area contributed by atoms with Crippen LogP contribution in [0.2, 0.25) is 0 Å². The van der Waals surface area contributed by atoms with Crippen molar-refractivity contribution in [1.82, 2.24) is 4.31 Å². The van der Waals surface area contributed by atoms with Crippen molar-refractivity contribution in [1.29, 1.82) is 0 Å². The molecule has 1 aromatic carbocycles. The molecular weight excluding hydrogens is 347 g/mol. The molecule has 1 aromatic rings. The van der Waals surface area contributed by atoms with Gasteiger partial charge in [0.1, 0.15) is 10.7 Å². The minimum absolute atomic E-state index is 0.0608. The number of benzene rings is 1. The van der Waals surface area contributed by atoms with E-state index in [9.17, 15) is 12.8 Å². The monoisotopic (exact) mass is 366 g/mol. The van der Waals surface area contributed by atoms with Gasteiger partial charge >= 0.3 is 0 Å². The first-order valence-corrected chi connectivity index (χ1v) is 8.48. The molecule has 0 aromatic heterocycles. The fraction of sp³-hybridized carbons (Fsp3) is 0.538. The number of nitrogens with two attached hydrogens (primary N) is 1. The molecule has 0 aliphatic heterocycles. The van der Waals surface area contributed by atoms with E-state index in [1.54, 1.807) is 13.8 Å². The summed E-state index contributed by atoms with van der Waals surface area (Å²) in [5.41, 5.74) is 5.02. The van der Waals surface area contributed by atoms with Gasteiger partial charge in [-0.2, -0.15) is 4.31 Å². The third-order valence-corrected chi connectivity index (χ3v) is 6.18. The van der Waals surface area contributed by atoms with Crippen LogP contribution in [0.1, 0.15) is 32.8 Å². The third-order valence-electron chi connectivity index (χ3n) is 3.66. The van der Waals surface area contributed by atoms with Gasteiger partial charge in [-0.3, -0.25) is 0 Å². The Morgan fingerprint density at radius 3 is 2.40 bits per heavy atom. The lowest BCUT2D eigenvalue weighted by atomic mass is 10.0. The van der Waals surface area contributed by atoms with E-state index in [0.29, 0.717) is 10.9 Å². The van der Waals surface area contributed by atoms with E-state index in [4.69, 9.17) is 5.73 Å². The molecule has 20 heavy (non-hydrogen) atoms. The highest BCUT2D eigenvalue weighted by Crippen LogP contribution is 2.30. The molecular formula is C13H20BrFN2O2S. The second kappa shape index (κ2) is 6.09. The average molecular weight is 367 g/mol. The lowest BCUT2D eigenvalue weighted by Gasteiger charge is -2.33. The number of hydrogen-bond donors (Lipinski definition) is 1. The molecule has 0 atom stereocenters. The summed E-state index contributed by atoms with van der Waals surface area (Å²) < 4.78 is 41.2. The van der Waals surface area contributed by atoms with Crippen molar-refractivity contribution in [2.75, 3.05) is 7.05 Å². The van der Waals surface area contributed by atoms with Gasteiger partial charge in [0.15, 0.2) is 0 Å². The van der Waals surface area contributed by atoms with Crippen LogP contribution in [0.4, 0.5) is 4.39 Å². The van der Waals surface area contributed by atoms with Crippen LogP contribution in [0.5, 0.6) is 0 Å². The van der Waals surface area contributed by atoms with E-state index in [1.807, 2.05) is 6.92 Å². The second-order valence-electron chi connectivity index (χ2n) is 5.22. The number of rotatable bonds is 5. The van der Waals surface area contributed by atoms with Crippen LogP contribution < -0.4 is 5.73 Å². The fourth-order valence-electron chi connectivity index (χ4n) is 1.65. The Balaban J connectivity index is 3.48. The molecule has 0 fully saturated rings. The van der Waals surface area contributed by atoms with Gasteiger partial charge in [0.2, 0.25) is 10.0 Å². The summed E-state index contributed by atoms with van der Waals surface area (Å²) in [5, 5.41) is 0. The summed E-state index contributed by atoms with van der Waals surface area (Å²) in [7, 11) is -2.46. The molecule has 0 bridgehead atoms. The highest BCUT2D eigenvalue weighted by molar-refractivity contribution is 9.10. The van der Waals surface area contributed by atoms with E-state index in [0.717, 1.165) is 0 Å². The minimum Gasteiger partial charge on any atom is -0.326 e. The SMILES string of the molecule is CCC(C)(C)N(C)S(=O)(=O)c1cc(Br)cc(CN)c1F. The first kappa shape index (κ1) is 17.6. The normalized spacial score (nSPS) is 13.0. The maximum Gasteiger partial charge on any atom is 0.246 e. The summed E-state index contributed by atoms with van der Waals surface area (Å²) in [5.74, 6) is -0.783. The van der Waals surface area contributed by atoms with Crippen molar-refractivity contribution >= 4 is 26.0 Å². The molecule has 0 saturated carbocycles. The topological polar surface area (TPSA) is 63.4 Å². The fourth-order valence-corrected chi connectivity index (χ4v) is 4.02. The van der Waals surface area contributed by atoms with Gasteiger partial charge in [-0.25, -0.2) is 12.8 Å². The summed E-state index contributed by atoms with van der Waals surface area (Å²) in [4.78, 5) is -0.351. The Morgan fingerprint density at radius 1 is 1.40 bits per heavy atom. The Morgan fingerprint density at radius 2 is 1.95 bits per heavy atom. The van der Waals surface area contributed by atoms with Crippen molar-refractivity contribution in [3.05, 3.63) is 28.0 Å². The van der Waals surface area contributed by atoms with Crippen molar-refractivity contribution < 1.29 is 12.8 Å². The van der Waals surface area contributed by atoms with Gasteiger partial charge in [-0.15, -0.1) is 0 Å². The predicted molar refractivity (Wildman–Crippen MR) is 81.3 cm³/mol. The molecule has 2 N–H and O–H groups in total. The molecule has 0 radical (unpaired) electrons. The Kier molecular flexibility index (Phi) is 5.34. The van der Waals surface area contributed by atoms with Gasteiger partial charge in [0.25, 0.3) is 0 Å². The molecule has 1 rings (SSSR count). The van der Waals surface area contributed by atoms with Crippen LogP contribution >= 0.6 is 15.9 Å². The molecule has 0 unspecified atom stereocenters. The van der Waals surface area contributed by atoms with Crippen LogP contribution in [0.15, 0.2) is 21.5 Å². The van der Waals surface area contributed by atoms with Gasteiger partial charge in [0.05, 0.1) is 0 Å². The summed E-state index contributed by atoms with van der Waals surface area (Å²) in [6.45, 7) is 5.41. The number of sulfonamides is 1. The summed E-state index contributed by atoms with van der Waals surface area (Å²) in [6.07, 6.45) is 0.613. The second-order valence-corrected chi connectivity index (χ2v) is 8.07. The molecule has 4 nitrogen and oxygen atoms in total. The first-order valence-electron chi connectivity index (χ1n) is 6.25. The lowest BCUT2D eigenvalue weighted by Crippen LogP contribution is -2.44. The largest absolute Gasteiger partial charge is 0.326 e. The smallest absolute Gasteiger partial charge is 0.246 e. The van der Waals surface area contributed by atoms with Crippen molar-refractivity contribution in [3.63, 3.8) is 0 Å². The number of nitrogens with zero attached hydrogens (tertiary/aromatic N) is 1. The average Bonchev–Trinajstić information content (AvgIpc) is 2.39. The molecule has 0 spiro atoms. The van der Waals surface area contributed by atoms with Crippen molar-refractivity contribution in [2.24, 2.45) is 5.73 Å². The van der Waals surface area contributed by atoms with Gasteiger partial charge in [-0.05, 0) is 32.4 Å². The van der Waals surface area contributed by atoms with E-state index < -0.39 is 21.4 Å². The van der Waals surface area contributed by atoms with Crippen LogP contribution in [0, 0.1) is 5.82 Å². The molecule has 0 aliphatic carbocycles. The summed E-state index contributed by atoms with van der Waals surface area (Å²) in [6, 6.07) is 2.76.